The van der Waals surface area contributed by atoms with E-state index in [4.69, 9.17) is 0 Å². The molecule has 1 saturated carbocycles. The zero-order chi connectivity index (χ0) is 12.4. The topological polar surface area (TPSA) is 50.7 Å². The minimum atomic E-state index is 0.689. The summed E-state index contributed by atoms with van der Waals surface area (Å²) < 4.78 is 0. The van der Waals surface area contributed by atoms with Gasteiger partial charge in [0.1, 0.15) is 5.69 Å². The van der Waals surface area contributed by atoms with E-state index in [9.17, 15) is 0 Å². The monoisotopic (exact) mass is 240 g/mol. The first kappa shape index (κ1) is 11.3. The molecule has 1 fully saturated rings. The van der Waals surface area contributed by atoms with Crippen LogP contribution in [0.4, 0.5) is 0 Å². The molecule has 0 unspecified atom stereocenters. The summed E-state index contributed by atoms with van der Waals surface area (Å²) in [5.41, 5.74) is 3.12. The third-order valence-corrected chi connectivity index (χ3v) is 3.02. The average molecular weight is 240 g/mol. The Hall–Kier alpha value is -1.81. The Kier molecular flexibility index (Phi) is 3.02. The van der Waals surface area contributed by atoms with Crippen molar-refractivity contribution in [2.45, 2.75) is 32.4 Å². The van der Waals surface area contributed by atoms with Gasteiger partial charge in [-0.25, -0.2) is 9.97 Å². The molecule has 0 bridgehead atoms. The summed E-state index contributed by atoms with van der Waals surface area (Å²) in [6, 6.07) is 4.68. The summed E-state index contributed by atoms with van der Waals surface area (Å²) in [6.07, 6.45) is 8.14. The zero-order valence-electron chi connectivity index (χ0n) is 10.4. The van der Waals surface area contributed by atoms with Gasteiger partial charge in [0.25, 0.3) is 0 Å². The molecule has 4 nitrogen and oxygen atoms in total. The average Bonchev–Trinajstić information content (AvgIpc) is 3.21. The number of nitrogens with zero attached hydrogens (tertiary/aromatic N) is 3. The highest BCUT2D eigenvalue weighted by molar-refractivity contribution is 5.49. The summed E-state index contributed by atoms with van der Waals surface area (Å²) in [5, 5.41) is 3.45. The molecule has 0 amide bonds. The molecule has 2 aromatic rings. The summed E-state index contributed by atoms with van der Waals surface area (Å²) in [7, 11) is 0. The summed E-state index contributed by atoms with van der Waals surface area (Å²) in [5.74, 6) is 0.689. The molecule has 92 valence electrons. The van der Waals surface area contributed by atoms with Crippen molar-refractivity contribution in [3.05, 3.63) is 41.9 Å². The largest absolute Gasteiger partial charge is 0.310 e. The number of pyridine rings is 1. The third-order valence-electron chi connectivity index (χ3n) is 3.02. The quantitative estimate of drug-likeness (QED) is 0.889. The Bertz CT molecular complexity index is 532. The molecule has 3 rings (SSSR count). The number of aryl methyl sites for hydroxylation is 1. The Balaban J connectivity index is 1.73. The standard InChI is InChI=1S/C14H16N4/c1-10-4-5-15-13(6-10)14-17-8-11(9-18-14)7-16-12-2-3-12/h4-6,8-9,12,16H,2-3,7H2,1H3. The lowest BCUT2D eigenvalue weighted by Gasteiger charge is -2.04. The summed E-state index contributed by atoms with van der Waals surface area (Å²) in [6.45, 7) is 2.89. The van der Waals surface area contributed by atoms with Crippen LogP contribution in [0.3, 0.4) is 0 Å². The number of aromatic nitrogens is 3. The molecule has 0 spiro atoms. The van der Waals surface area contributed by atoms with E-state index in [0.717, 1.165) is 17.8 Å². The van der Waals surface area contributed by atoms with Gasteiger partial charge in [0.15, 0.2) is 5.82 Å². The maximum atomic E-state index is 4.37. The molecule has 4 heteroatoms. The van der Waals surface area contributed by atoms with E-state index in [0.29, 0.717) is 11.9 Å². The lowest BCUT2D eigenvalue weighted by molar-refractivity contribution is 0.683. The van der Waals surface area contributed by atoms with Crippen molar-refractivity contribution >= 4 is 0 Å². The lowest BCUT2D eigenvalue weighted by atomic mass is 10.2. The van der Waals surface area contributed by atoms with E-state index >= 15 is 0 Å². The smallest absolute Gasteiger partial charge is 0.178 e. The van der Waals surface area contributed by atoms with Crippen LogP contribution in [0.25, 0.3) is 11.5 Å². The van der Waals surface area contributed by atoms with Crippen LogP contribution < -0.4 is 5.32 Å². The molecule has 0 aromatic carbocycles. The highest BCUT2D eigenvalue weighted by atomic mass is 15.0. The van der Waals surface area contributed by atoms with E-state index in [1.807, 2.05) is 31.5 Å². The second kappa shape index (κ2) is 4.82. The second-order valence-electron chi connectivity index (χ2n) is 4.79. The highest BCUT2D eigenvalue weighted by Crippen LogP contribution is 2.19. The fourth-order valence-corrected chi connectivity index (χ4v) is 1.79. The fourth-order valence-electron chi connectivity index (χ4n) is 1.79. The molecule has 2 heterocycles. The minimum absolute atomic E-state index is 0.689. The molecule has 1 aliphatic carbocycles. The second-order valence-corrected chi connectivity index (χ2v) is 4.79. The molecule has 1 aliphatic rings. The van der Waals surface area contributed by atoms with Crippen molar-refractivity contribution in [2.75, 3.05) is 0 Å². The van der Waals surface area contributed by atoms with Crippen LogP contribution in [0.15, 0.2) is 30.7 Å². The van der Waals surface area contributed by atoms with E-state index in [1.54, 1.807) is 6.20 Å². The first-order chi connectivity index (χ1) is 8.81. The van der Waals surface area contributed by atoms with Gasteiger partial charge in [-0.1, -0.05) is 0 Å². The minimum Gasteiger partial charge on any atom is -0.310 e. The van der Waals surface area contributed by atoms with Crippen molar-refractivity contribution in [3.8, 4) is 11.5 Å². The molecular formula is C14H16N4. The van der Waals surface area contributed by atoms with E-state index in [-0.39, 0.29) is 0 Å². The Morgan fingerprint density at radius 3 is 2.67 bits per heavy atom. The number of rotatable bonds is 4. The number of hydrogen-bond donors (Lipinski definition) is 1. The molecule has 18 heavy (non-hydrogen) atoms. The first-order valence-electron chi connectivity index (χ1n) is 6.28. The van der Waals surface area contributed by atoms with Crippen LogP contribution in [0.5, 0.6) is 0 Å². The van der Waals surface area contributed by atoms with Crippen molar-refractivity contribution in [3.63, 3.8) is 0 Å². The maximum Gasteiger partial charge on any atom is 0.178 e. The number of hydrogen-bond acceptors (Lipinski definition) is 4. The van der Waals surface area contributed by atoms with Crippen molar-refractivity contribution in [2.24, 2.45) is 0 Å². The van der Waals surface area contributed by atoms with Gasteiger partial charge in [-0.2, -0.15) is 0 Å². The molecule has 2 aromatic heterocycles. The Morgan fingerprint density at radius 2 is 2.00 bits per heavy atom. The zero-order valence-corrected chi connectivity index (χ0v) is 10.4. The van der Waals surface area contributed by atoms with Crippen LogP contribution in [-0.2, 0) is 6.54 Å². The van der Waals surface area contributed by atoms with Crippen LogP contribution in [0.1, 0.15) is 24.0 Å². The first-order valence-corrected chi connectivity index (χ1v) is 6.28. The Morgan fingerprint density at radius 1 is 1.22 bits per heavy atom. The number of nitrogens with one attached hydrogen (secondary N) is 1. The summed E-state index contributed by atoms with van der Waals surface area (Å²) >= 11 is 0. The van der Waals surface area contributed by atoms with Gasteiger partial charge in [-0.15, -0.1) is 0 Å². The SMILES string of the molecule is Cc1ccnc(-c2ncc(CNC3CC3)cn2)c1. The molecule has 0 radical (unpaired) electrons. The van der Waals surface area contributed by atoms with E-state index in [1.165, 1.54) is 18.4 Å². The van der Waals surface area contributed by atoms with E-state index in [2.05, 4.69) is 20.3 Å². The van der Waals surface area contributed by atoms with Crippen molar-refractivity contribution in [1.82, 2.24) is 20.3 Å². The van der Waals surface area contributed by atoms with Gasteiger partial charge in [0, 0.05) is 36.7 Å². The molecule has 1 N–H and O–H groups in total. The van der Waals surface area contributed by atoms with E-state index < -0.39 is 0 Å². The summed E-state index contributed by atoms with van der Waals surface area (Å²) in [4.78, 5) is 13.0. The molecule has 0 atom stereocenters. The third kappa shape index (κ3) is 2.71. The fraction of sp³-hybridized carbons (Fsp3) is 0.357. The Labute approximate surface area is 107 Å². The lowest BCUT2D eigenvalue weighted by Crippen LogP contribution is -2.15. The highest BCUT2D eigenvalue weighted by Gasteiger charge is 2.19. The van der Waals surface area contributed by atoms with Gasteiger partial charge >= 0.3 is 0 Å². The van der Waals surface area contributed by atoms with Crippen LogP contribution in [0.2, 0.25) is 0 Å². The van der Waals surface area contributed by atoms with Gasteiger partial charge in [0.05, 0.1) is 0 Å². The van der Waals surface area contributed by atoms with Crippen molar-refractivity contribution < 1.29 is 0 Å². The predicted molar refractivity (Wildman–Crippen MR) is 69.9 cm³/mol. The maximum absolute atomic E-state index is 4.37. The van der Waals surface area contributed by atoms with Crippen LogP contribution >= 0.6 is 0 Å². The molecule has 0 saturated heterocycles. The van der Waals surface area contributed by atoms with Gasteiger partial charge in [0.2, 0.25) is 0 Å². The van der Waals surface area contributed by atoms with Crippen LogP contribution in [0, 0.1) is 6.92 Å². The normalized spacial score (nSPS) is 14.7. The van der Waals surface area contributed by atoms with Crippen LogP contribution in [-0.4, -0.2) is 21.0 Å². The van der Waals surface area contributed by atoms with Crippen molar-refractivity contribution in [1.29, 1.82) is 0 Å². The van der Waals surface area contributed by atoms with Gasteiger partial charge < -0.3 is 5.32 Å². The molecule has 0 aliphatic heterocycles. The molecular weight excluding hydrogens is 224 g/mol. The van der Waals surface area contributed by atoms with Gasteiger partial charge in [-0.05, 0) is 37.5 Å². The van der Waals surface area contributed by atoms with Gasteiger partial charge in [-0.3, -0.25) is 4.98 Å². The predicted octanol–water partition coefficient (Wildman–Crippen LogP) is 2.10.